The van der Waals surface area contributed by atoms with Crippen molar-refractivity contribution in [1.82, 2.24) is 15.5 Å². The Balaban J connectivity index is 2.31. The van der Waals surface area contributed by atoms with Crippen molar-refractivity contribution in [3.05, 3.63) is 34.6 Å². The summed E-state index contributed by atoms with van der Waals surface area (Å²) in [5.41, 5.74) is 1.55. The maximum absolute atomic E-state index is 13.2. The van der Waals surface area contributed by atoms with E-state index >= 15 is 0 Å². The maximum atomic E-state index is 13.2. The third kappa shape index (κ3) is 2.57. The molecule has 0 spiro atoms. The lowest BCUT2D eigenvalue weighted by Gasteiger charge is -2.08. The van der Waals surface area contributed by atoms with Crippen LogP contribution in [0.5, 0.6) is 0 Å². The zero-order chi connectivity index (χ0) is 13.1. The van der Waals surface area contributed by atoms with E-state index in [0.29, 0.717) is 5.56 Å². The number of hydrogen-bond acceptors (Lipinski definition) is 4. The van der Waals surface area contributed by atoms with E-state index in [1.807, 2.05) is 7.05 Å². The molecule has 18 heavy (non-hydrogen) atoms. The van der Waals surface area contributed by atoms with E-state index < -0.39 is 0 Å². The van der Waals surface area contributed by atoms with Crippen LogP contribution in [-0.4, -0.2) is 17.2 Å². The van der Waals surface area contributed by atoms with Gasteiger partial charge in [-0.1, -0.05) is 18.3 Å². The van der Waals surface area contributed by atoms with E-state index in [-0.39, 0.29) is 11.9 Å². The fourth-order valence-electron chi connectivity index (χ4n) is 1.77. The van der Waals surface area contributed by atoms with Gasteiger partial charge in [-0.15, -0.1) is 10.2 Å². The summed E-state index contributed by atoms with van der Waals surface area (Å²) in [4.78, 5) is 0. The molecule has 0 bridgehead atoms. The summed E-state index contributed by atoms with van der Waals surface area (Å²) in [6.07, 6.45) is 0.966. The number of aromatic nitrogens is 2. The Bertz CT molecular complexity index is 535. The molecule has 1 unspecified atom stereocenters. The fraction of sp³-hybridized carbons (Fsp3) is 0.385. The average Bonchev–Trinajstić information content (AvgIpc) is 2.84. The van der Waals surface area contributed by atoms with Crippen LogP contribution in [0.4, 0.5) is 4.39 Å². The third-order valence-corrected chi connectivity index (χ3v) is 3.99. The molecule has 0 aliphatic heterocycles. The third-order valence-electron chi connectivity index (χ3n) is 2.90. The SMILES string of the molecule is CCC(NC)c1nnc(-c2ccc(F)c(C)c2)s1. The number of nitrogens with zero attached hydrogens (tertiary/aromatic N) is 2. The van der Waals surface area contributed by atoms with Gasteiger partial charge in [-0.2, -0.15) is 0 Å². The second kappa shape index (κ2) is 5.54. The first-order chi connectivity index (χ1) is 8.65. The van der Waals surface area contributed by atoms with Gasteiger partial charge in [0, 0.05) is 5.56 Å². The highest BCUT2D eigenvalue weighted by atomic mass is 32.1. The van der Waals surface area contributed by atoms with E-state index in [2.05, 4.69) is 22.4 Å². The van der Waals surface area contributed by atoms with Gasteiger partial charge in [0.25, 0.3) is 0 Å². The topological polar surface area (TPSA) is 37.8 Å². The molecule has 1 aromatic carbocycles. The summed E-state index contributed by atoms with van der Waals surface area (Å²) >= 11 is 1.55. The minimum Gasteiger partial charge on any atom is -0.311 e. The number of halogens is 1. The van der Waals surface area contributed by atoms with E-state index in [1.165, 1.54) is 6.07 Å². The van der Waals surface area contributed by atoms with Crippen LogP contribution in [0, 0.1) is 12.7 Å². The van der Waals surface area contributed by atoms with Gasteiger partial charge in [-0.05, 0) is 44.2 Å². The van der Waals surface area contributed by atoms with Crippen LogP contribution >= 0.6 is 11.3 Å². The summed E-state index contributed by atoms with van der Waals surface area (Å²) in [5.74, 6) is -0.190. The lowest BCUT2D eigenvalue weighted by Crippen LogP contribution is -2.14. The summed E-state index contributed by atoms with van der Waals surface area (Å²) < 4.78 is 13.2. The van der Waals surface area contributed by atoms with Crippen LogP contribution < -0.4 is 5.32 Å². The molecule has 1 N–H and O–H groups in total. The number of rotatable bonds is 4. The van der Waals surface area contributed by atoms with Crippen molar-refractivity contribution < 1.29 is 4.39 Å². The highest BCUT2D eigenvalue weighted by Crippen LogP contribution is 2.28. The lowest BCUT2D eigenvalue weighted by atomic mass is 10.1. The normalized spacial score (nSPS) is 12.7. The highest BCUT2D eigenvalue weighted by molar-refractivity contribution is 7.14. The first-order valence-corrected chi connectivity index (χ1v) is 6.74. The molecule has 1 aromatic heterocycles. The molecule has 0 fully saturated rings. The molecular weight excluding hydrogens is 249 g/mol. The van der Waals surface area contributed by atoms with Crippen molar-refractivity contribution in [2.75, 3.05) is 7.05 Å². The van der Waals surface area contributed by atoms with Crippen molar-refractivity contribution in [1.29, 1.82) is 0 Å². The smallest absolute Gasteiger partial charge is 0.147 e. The molecule has 2 aromatic rings. The fourth-order valence-corrected chi connectivity index (χ4v) is 2.80. The van der Waals surface area contributed by atoms with Gasteiger partial charge in [-0.25, -0.2) is 4.39 Å². The summed E-state index contributed by atoms with van der Waals surface area (Å²) in [6, 6.07) is 5.26. The Hall–Kier alpha value is -1.33. The molecule has 0 saturated carbocycles. The molecule has 1 atom stereocenters. The van der Waals surface area contributed by atoms with E-state index in [1.54, 1.807) is 30.4 Å². The Labute approximate surface area is 110 Å². The van der Waals surface area contributed by atoms with Crippen molar-refractivity contribution in [2.24, 2.45) is 0 Å². The molecular formula is C13H16FN3S. The van der Waals surface area contributed by atoms with Gasteiger partial charge in [-0.3, -0.25) is 0 Å². The molecule has 2 rings (SSSR count). The van der Waals surface area contributed by atoms with Gasteiger partial charge in [0.15, 0.2) is 0 Å². The van der Waals surface area contributed by atoms with Crippen molar-refractivity contribution in [2.45, 2.75) is 26.3 Å². The first-order valence-electron chi connectivity index (χ1n) is 5.93. The molecule has 0 aliphatic carbocycles. The molecule has 1 heterocycles. The van der Waals surface area contributed by atoms with Crippen LogP contribution in [0.3, 0.4) is 0 Å². The van der Waals surface area contributed by atoms with Crippen LogP contribution in [-0.2, 0) is 0 Å². The van der Waals surface area contributed by atoms with Crippen LogP contribution in [0.15, 0.2) is 18.2 Å². The number of hydrogen-bond donors (Lipinski definition) is 1. The van der Waals surface area contributed by atoms with Crippen molar-refractivity contribution in [3.63, 3.8) is 0 Å². The second-order valence-corrected chi connectivity index (χ2v) is 5.17. The van der Waals surface area contributed by atoms with Gasteiger partial charge in [0.1, 0.15) is 15.8 Å². The quantitative estimate of drug-likeness (QED) is 0.921. The molecule has 0 saturated heterocycles. The van der Waals surface area contributed by atoms with E-state index in [9.17, 15) is 4.39 Å². The molecule has 0 aliphatic rings. The maximum Gasteiger partial charge on any atom is 0.147 e. The minimum absolute atomic E-state index is 0.190. The first kappa shape index (κ1) is 13.1. The molecule has 0 amide bonds. The molecule has 3 nitrogen and oxygen atoms in total. The highest BCUT2D eigenvalue weighted by Gasteiger charge is 2.14. The number of aryl methyl sites for hydroxylation is 1. The van der Waals surface area contributed by atoms with Crippen LogP contribution in [0.25, 0.3) is 10.6 Å². The Morgan fingerprint density at radius 1 is 1.39 bits per heavy atom. The Kier molecular flexibility index (Phi) is 4.04. The van der Waals surface area contributed by atoms with E-state index in [4.69, 9.17) is 0 Å². The monoisotopic (exact) mass is 265 g/mol. The molecule has 0 radical (unpaired) electrons. The Morgan fingerprint density at radius 2 is 2.17 bits per heavy atom. The second-order valence-electron chi connectivity index (χ2n) is 4.16. The predicted octanol–water partition coefficient (Wildman–Crippen LogP) is 3.32. The molecule has 96 valence electrons. The zero-order valence-corrected chi connectivity index (χ0v) is 11.5. The zero-order valence-electron chi connectivity index (χ0n) is 10.7. The van der Waals surface area contributed by atoms with Gasteiger partial charge >= 0.3 is 0 Å². The minimum atomic E-state index is -0.190. The van der Waals surface area contributed by atoms with Crippen LogP contribution in [0.2, 0.25) is 0 Å². The van der Waals surface area contributed by atoms with E-state index in [0.717, 1.165) is 22.0 Å². The van der Waals surface area contributed by atoms with Crippen LogP contribution in [0.1, 0.15) is 30.0 Å². The number of nitrogens with one attached hydrogen (secondary N) is 1. The average molecular weight is 265 g/mol. The summed E-state index contributed by atoms with van der Waals surface area (Å²) in [5, 5.41) is 13.4. The Morgan fingerprint density at radius 3 is 2.78 bits per heavy atom. The van der Waals surface area contributed by atoms with Crippen molar-refractivity contribution in [3.8, 4) is 10.6 Å². The summed E-state index contributed by atoms with van der Waals surface area (Å²) in [7, 11) is 1.91. The molecule has 5 heteroatoms. The predicted molar refractivity (Wildman–Crippen MR) is 72.1 cm³/mol. The number of benzene rings is 1. The standard InChI is InChI=1S/C13H16FN3S/c1-4-11(15-3)13-17-16-12(18-13)9-5-6-10(14)8(2)7-9/h5-7,11,15H,4H2,1-3H3. The summed E-state index contributed by atoms with van der Waals surface area (Å²) in [6.45, 7) is 3.85. The van der Waals surface area contributed by atoms with Crippen molar-refractivity contribution >= 4 is 11.3 Å². The van der Waals surface area contributed by atoms with Gasteiger partial charge in [0.05, 0.1) is 6.04 Å². The van der Waals surface area contributed by atoms with Gasteiger partial charge < -0.3 is 5.32 Å². The van der Waals surface area contributed by atoms with Gasteiger partial charge in [0.2, 0.25) is 0 Å². The largest absolute Gasteiger partial charge is 0.311 e. The lowest BCUT2D eigenvalue weighted by molar-refractivity contribution is 0.568.